The Labute approximate surface area is 103 Å². The second-order valence-corrected chi connectivity index (χ2v) is 5.33. The molecule has 0 spiro atoms. The van der Waals surface area contributed by atoms with Gasteiger partial charge in [-0.15, -0.1) is 0 Å². The van der Waals surface area contributed by atoms with Crippen LogP contribution in [-0.4, -0.2) is 23.2 Å². The van der Waals surface area contributed by atoms with Crippen LogP contribution < -0.4 is 11.1 Å². The lowest BCUT2D eigenvalue weighted by molar-refractivity contribution is -0.0553. The number of hydrogen-bond acceptors (Lipinski definition) is 4. The first-order valence-electron chi connectivity index (χ1n) is 6.10. The molecule has 1 saturated heterocycles. The maximum Gasteiger partial charge on any atom is 0.149 e. The number of aromatic nitrogens is 1. The van der Waals surface area contributed by atoms with Crippen molar-refractivity contribution in [3.8, 4) is 0 Å². The summed E-state index contributed by atoms with van der Waals surface area (Å²) in [4.78, 5) is 4.44. The molecule has 1 aromatic heterocycles. The minimum Gasteiger partial charge on any atom is -0.396 e. The lowest BCUT2D eigenvalue weighted by Crippen LogP contribution is -2.40. The van der Waals surface area contributed by atoms with Gasteiger partial charge in [0, 0.05) is 18.3 Å². The Bertz CT molecular complexity index is 404. The van der Waals surface area contributed by atoms with Crippen LogP contribution in [0.2, 0.25) is 0 Å². The Morgan fingerprint density at radius 3 is 2.94 bits per heavy atom. The predicted molar refractivity (Wildman–Crippen MR) is 70.1 cm³/mol. The highest BCUT2D eigenvalue weighted by molar-refractivity contribution is 5.61. The second kappa shape index (κ2) is 4.53. The van der Waals surface area contributed by atoms with Crippen molar-refractivity contribution < 1.29 is 4.74 Å². The van der Waals surface area contributed by atoms with E-state index in [0.29, 0.717) is 11.7 Å². The van der Waals surface area contributed by atoms with Gasteiger partial charge in [0.15, 0.2) is 0 Å². The fourth-order valence-corrected chi connectivity index (χ4v) is 2.23. The van der Waals surface area contributed by atoms with Crippen LogP contribution >= 0.6 is 0 Å². The molecule has 94 valence electrons. The first kappa shape index (κ1) is 12.2. The number of aryl methyl sites for hydroxylation is 1. The first-order valence-corrected chi connectivity index (χ1v) is 6.10. The van der Waals surface area contributed by atoms with E-state index in [2.05, 4.69) is 24.1 Å². The molecule has 3 N–H and O–H groups in total. The van der Waals surface area contributed by atoms with Crippen molar-refractivity contribution in [3.05, 3.63) is 17.8 Å². The van der Waals surface area contributed by atoms with Gasteiger partial charge in [-0.2, -0.15) is 0 Å². The normalized spacial score (nSPS) is 23.4. The van der Waals surface area contributed by atoms with Crippen LogP contribution in [0.25, 0.3) is 0 Å². The first-order chi connectivity index (χ1) is 7.96. The molecule has 4 heteroatoms. The van der Waals surface area contributed by atoms with Gasteiger partial charge in [-0.1, -0.05) is 0 Å². The van der Waals surface area contributed by atoms with Crippen molar-refractivity contribution in [1.29, 1.82) is 0 Å². The molecule has 0 radical (unpaired) electrons. The third-order valence-corrected chi connectivity index (χ3v) is 3.10. The fraction of sp³-hybridized carbons (Fsp3) is 0.615. The van der Waals surface area contributed by atoms with Gasteiger partial charge in [-0.25, -0.2) is 4.98 Å². The van der Waals surface area contributed by atoms with Crippen LogP contribution in [0.4, 0.5) is 11.5 Å². The quantitative estimate of drug-likeness (QED) is 0.826. The summed E-state index contributed by atoms with van der Waals surface area (Å²) in [6.07, 6.45) is 1.97. The van der Waals surface area contributed by atoms with Crippen molar-refractivity contribution >= 4 is 11.5 Å². The molecule has 0 saturated carbocycles. The van der Waals surface area contributed by atoms with E-state index < -0.39 is 0 Å². The minimum atomic E-state index is -0.0610. The summed E-state index contributed by atoms with van der Waals surface area (Å²) in [6, 6.07) is 4.21. The van der Waals surface area contributed by atoms with Gasteiger partial charge in [-0.3, -0.25) is 0 Å². The minimum absolute atomic E-state index is 0.0610. The van der Waals surface area contributed by atoms with Gasteiger partial charge >= 0.3 is 0 Å². The van der Waals surface area contributed by atoms with Crippen molar-refractivity contribution in [1.82, 2.24) is 4.98 Å². The number of nitrogens with zero attached hydrogens (tertiary/aromatic N) is 1. The van der Waals surface area contributed by atoms with E-state index >= 15 is 0 Å². The summed E-state index contributed by atoms with van der Waals surface area (Å²) < 4.78 is 5.70. The van der Waals surface area contributed by atoms with Crippen molar-refractivity contribution in [2.75, 3.05) is 17.7 Å². The van der Waals surface area contributed by atoms with E-state index in [4.69, 9.17) is 10.5 Å². The van der Waals surface area contributed by atoms with E-state index in [9.17, 15) is 0 Å². The van der Waals surface area contributed by atoms with Gasteiger partial charge in [0.1, 0.15) is 5.82 Å². The smallest absolute Gasteiger partial charge is 0.149 e. The molecule has 17 heavy (non-hydrogen) atoms. The molecule has 0 bridgehead atoms. The van der Waals surface area contributed by atoms with Crippen LogP contribution in [-0.2, 0) is 4.74 Å². The van der Waals surface area contributed by atoms with Crippen LogP contribution in [0.3, 0.4) is 0 Å². The molecule has 0 aromatic carbocycles. The maximum absolute atomic E-state index is 5.92. The average molecular weight is 235 g/mol. The number of ether oxygens (including phenoxy) is 1. The highest BCUT2D eigenvalue weighted by atomic mass is 16.5. The molecule has 1 aromatic rings. The zero-order valence-corrected chi connectivity index (χ0v) is 10.8. The van der Waals surface area contributed by atoms with Gasteiger partial charge in [0.05, 0.1) is 11.3 Å². The van der Waals surface area contributed by atoms with Crippen molar-refractivity contribution in [3.63, 3.8) is 0 Å². The third kappa shape index (κ3) is 3.09. The molecule has 1 aliphatic rings. The van der Waals surface area contributed by atoms with E-state index in [1.807, 2.05) is 19.1 Å². The predicted octanol–water partition coefficient (Wildman–Crippen LogP) is 2.34. The lowest BCUT2D eigenvalue weighted by Gasteiger charge is -2.36. The number of hydrogen-bond donors (Lipinski definition) is 2. The van der Waals surface area contributed by atoms with E-state index in [-0.39, 0.29) is 5.60 Å². The molecule has 0 aliphatic carbocycles. The van der Waals surface area contributed by atoms with Gasteiger partial charge < -0.3 is 15.8 Å². The maximum atomic E-state index is 5.92. The second-order valence-electron chi connectivity index (χ2n) is 5.33. The van der Waals surface area contributed by atoms with E-state index in [1.54, 1.807) is 0 Å². The number of anilines is 2. The largest absolute Gasteiger partial charge is 0.396 e. The number of rotatable bonds is 2. The Hall–Kier alpha value is -1.29. The Balaban J connectivity index is 2.07. The summed E-state index contributed by atoms with van der Waals surface area (Å²) in [5, 5.41) is 3.43. The van der Waals surface area contributed by atoms with E-state index in [0.717, 1.165) is 31.0 Å². The molecule has 2 rings (SSSR count). The van der Waals surface area contributed by atoms with Gasteiger partial charge in [0.2, 0.25) is 0 Å². The molecule has 1 fully saturated rings. The SMILES string of the molecule is Cc1ccc(N)c(NC2CCOC(C)(C)C2)n1. The number of nitrogens with two attached hydrogens (primary N) is 1. The summed E-state index contributed by atoms with van der Waals surface area (Å²) in [5.41, 5.74) is 7.54. The van der Waals surface area contributed by atoms with Crippen LogP contribution in [0, 0.1) is 6.92 Å². The molecule has 2 heterocycles. The molecular weight excluding hydrogens is 214 g/mol. The molecule has 1 aliphatic heterocycles. The standard InChI is InChI=1S/C13H21N3O/c1-9-4-5-11(14)12(15-9)16-10-6-7-17-13(2,3)8-10/h4-5,10H,6-8,14H2,1-3H3,(H,15,16). The monoisotopic (exact) mass is 235 g/mol. The summed E-state index contributed by atoms with van der Waals surface area (Å²) in [6.45, 7) is 7.00. The zero-order chi connectivity index (χ0) is 12.5. The summed E-state index contributed by atoms with van der Waals surface area (Å²) in [7, 11) is 0. The van der Waals surface area contributed by atoms with Crippen LogP contribution in [0.15, 0.2) is 12.1 Å². The van der Waals surface area contributed by atoms with Crippen molar-refractivity contribution in [2.45, 2.75) is 45.3 Å². The summed E-state index contributed by atoms with van der Waals surface area (Å²) >= 11 is 0. The van der Waals surface area contributed by atoms with Gasteiger partial charge in [-0.05, 0) is 45.7 Å². The Kier molecular flexibility index (Phi) is 3.24. The fourth-order valence-electron chi connectivity index (χ4n) is 2.23. The average Bonchev–Trinajstić information content (AvgIpc) is 2.22. The van der Waals surface area contributed by atoms with Crippen molar-refractivity contribution in [2.24, 2.45) is 0 Å². The molecule has 4 nitrogen and oxygen atoms in total. The highest BCUT2D eigenvalue weighted by Gasteiger charge is 2.29. The lowest BCUT2D eigenvalue weighted by atomic mass is 9.94. The molecular formula is C13H21N3O. The highest BCUT2D eigenvalue weighted by Crippen LogP contribution is 2.27. The molecule has 1 unspecified atom stereocenters. The third-order valence-electron chi connectivity index (χ3n) is 3.10. The number of nitrogen functional groups attached to an aromatic ring is 1. The van der Waals surface area contributed by atoms with Gasteiger partial charge in [0.25, 0.3) is 0 Å². The molecule has 1 atom stereocenters. The number of nitrogens with one attached hydrogen (secondary N) is 1. The zero-order valence-electron chi connectivity index (χ0n) is 10.8. The number of pyridine rings is 1. The van der Waals surface area contributed by atoms with Crippen LogP contribution in [0.1, 0.15) is 32.4 Å². The Morgan fingerprint density at radius 1 is 1.47 bits per heavy atom. The van der Waals surface area contributed by atoms with E-state index in [1.165, 1.54) is 0 Å². The molecule has 0 amide bonds. The summed E-state index contributed by atoms with van der Waals surface area (Å²) in [5.74, 6) is 0.799. The Morgan fingerprint density at radius 2 is 2.24 bits per heavy atom. The van der Waals surface area contributed by atoms with Crippen LogP contribution in [0.5, 0.6) is 0 Å². The topological polar surface area (TPSA) is 60.2 Å².